The molecule has 1 aliphatic heterocycles. The first kappa shape index (κ1) is 20.0. The maximum absolute atomic E-state index is 13.4. The Morgan fingerprint density at radius 1 is 1.10 bits per heavy atom. The minimum absolute atomic E-state index is 0.267. The second-order valence-corrected chi connectivity index (χ2v) is 7.12. The number of anilines is 1. The van der Waals surface area contributed by atoms with Crippen LogP contribution >= 0.6 is 0 Å². The standard InChI is InChI=1S/C24H20F3NO2/c1-2-30-23(29)17-9-6-10-19(13-17)28-15-21(16-7-4-3-5-8-16)20-14-18(24(25,26)27)11-12-22(20)28/h3-15,20,22H,2H2,1H3. The third-order valence-corrected chi connectivity index (χ3v) is 5.25. The van der Waals surface area contributed by atoms with Crippen molar-refractivity contribution in [3.8, 4) is 0 Å². The Morgan fingerprint density at radius 2 is 1.87 bits per heavy atom. The lowest BCUT2D eigenvalue weighted by atomic mass is 9.85. The summed E-state index contributed by atoms with van der Waals surface area (Å²) in [6, 6.07) is 16.0. The summed E-state index contributed by atoms with van der Waals surface area (Å²) in [4.78, 5) is 14.0. The summed E-state index contributed by atoms with van der Waals surface area (Å²) in [7, 11) is 0. The topological polar surface area (TPSA) is 29.5 Å². The van der Waals surface area contributed by atoms with Gasteiger partial charge in [0.05, 0.1) is 23.8 Å². The first-order valence-electron chi connectivity index (χ1n) is 9.68. The SMILES string of the molecule is CCOC(=O)c1cccc(N2C=C(c3ccccc3)C3C=C(C(F)(F)F)C=CC32)c1. The van der Waals surface area contributed by atoms with Crippen LogP contribution in [0.3, 0.4) is 0 Å². The Morgan fingerprint density at radius 3 is 2.57 bits per heavy atom. The normalized spacial score (nSPS) is 20.5. The van der Waals surface area contributed by atoms with Gasteiger partial charge in [-0.05, 0) is 36.3 Å². The number of ether oxygens (including phenoxy) is 1. The van der Waals surface area contributed by atoms with Crippen LogP contribution in [0, 0.1) is 5.92 Å². The second-order valence-electron chi connectivity index (χ2n) is 7.12. The Bertz CT molecular complexity index is 1040. The van der Waals surface area contributed by atoms with E-state index in [4.69, 9.17) is 4.74 Å². The number of fused-ring (bicyclic) bond motifs is 1. The minimum atomic E-state index is -4.40. The van der Waals surface area contributed by atoms with E-state index in [1.807, 2.05) is 47.5 Å². The zero-order chi connectivity index (χ0) is 21.3. The molecule has 2 aliphatic rings. The predicted molar refractivity (Wildman–Crippen MR) is 110 cm³/mol. The van der Waals surface area contributed by atoms with E-state index < -0.39 is 23.6 Å². The van der Waals surface area contributed by atoms with Crippen LogP contribution in [-0.4, -0.2) is 24.8 Å². The van der Waals surface area contributed by atoms with Crippen molar-refractivity contribution in [2.24, 2.45) is 5.92 Å². The smallest absolute Gasteiger partial charge is 0.416 e. The predicted octanol–water partition coefficient (Wildman–Crippen LogP) is 5.77. The van der Waals surface area contributed by atoms with Crippen molar-refractivity contribution in [1.82, 2.24) is 0 Å². The number of carbonyl (C=O) groups is 1. The van der Waals surface area contributed by atoms with Crippen LogP contribution in [0.25, 0.3) is 5.57 Å². The maximum Gasteiger partial charge on any atom is 0.416 e. The molecule has 0 N–H and O–H groups in total. The van der Waals surface area contributed by atoms with Gasteiger partial charge in [0.2, 0.25) is 0 Å². The van der Waals surface area contributed by atoms with Crippen molar-refractivity contribution in [1.29, 1.82) is 0 Å². The van der Waals surface area contributed by atoms with Crippen molar-refractivity contribution >= 4 is 17.2 Å². The molecule has 0 aromatic heterocycles. The average Bonchev–Trinajstić information content (AvgIpc) is 3.13. The van der Waals surface area contributed by atoms with Crippen LogP contribution in [0.15, 0.2) is 84.6 Å². The fourth-order valence-corrected chi connectivity index (χ4v) is 3.87. The lowest BCUT2D eigenvalue weighted by molar-refractivity contribution is -0.0888. The van der Waals surface area contributed by atoms with E-state index >= 15 is 0 Å². The molecule has 2 aromatic rings. The van der Waals surface area contributed by atoms with E-state index in [9.17, 15) is 18.0 Å². The van der Waals surface area contributed by atoms with E-state index in [1.165, 1.54) is 6.08 Å². The molecule has 3 nitrogen and oxygen atoms in total. The molecule has 1 aliphatic carbocycles. The van der Waals surface area contributed by atoms with Crippen molar-refractivity contribution in [2.45, 2.75) is 19.1 Å². The largest absolute Gasteiger partial charge is 0.462 e. The van der Waals surface area contributed by atoms with Gasteiger partial charge in [0, 0.05) is 17.8 Å². The van der Waals surface area contributed by atoms with Crippen LogP contribution in [0.2, 0.25) is 0 Å². The highest BCUT2D eigenvalue weighted by atomic mass is 19.4. The zero-order valence-corrected chi connectivity index (χ0v) is 16.3. The summed E-state index contributed by atoms with van der Waals surface area (Å²) in [6.45, 7) is 2.00. The Hall–Kier alpha value is -3.28. The molecule has 0 bridgehead atoms. The van der Waals surface area contributed by atoms with Gasteiger partial charge >= 0.3 is 12.1 Å². The second kappa shape index (κ2) is 7.86. The number of hydrogen-bond acceptors (Lipinski definition) is 3. The molecule has 154 valence electrons. The summed E-state index contributed by atoms with van der Waals surface area (Å²) >= 11 is 0. The maximum atomic E-state index is 13.4. The number of allylic oxidation sites excluding steroid dienone is 2. The van der Waals surface area contributed by atoms with E-state index in [2.05, 4.69) is 0 Å². The molecule has 0 fully saturated rings. The van der Waals surface area contributed by atoms with Crippen LogP contribution in [0.5, 0.6) is 0 Å². The fourth-order valence-electron chi connectivity index (χ4n) is 3.87. The minimum Gasteiger partial charge on any atom is -0.462 e. The highest BCUT2D eigenvalue weighted by molar-refractivity contribution is 5.91. The summed E-state index contributed by atoms with van der Waals surface area (Å²) in [5.74, 6) is -0.888. The van der Waals surface area contributed by atoms with Crippen LogP contribution in [0.4, 0.5) is 18.9 Å². The number of esters is 1. The highest BCUT2D eigenvalue weighted by Gasteiger charge is 2.41. The van der Waals surface area contributed by atoms with E-state index in [-0.39, 0.29) is 12.6 Å². The number of alkyl halides is 3. The molecule has 2 unspecified atom stereocenters. The number of benzene rings is 2. The zero-order valence-electron chi connectivity index (χ0n) is 16.3. The molecule has 4 rings (SSSR count). The Kier molecular flexibility index (Phi) is 5.24. The van der Waals surface area contributed by atoms with E-state index in [0.717, 1.165) is 22.9 Å². The van der Waals surface area contributed by atoms with Crippen molar-refractivity contribution in [3.05, 3.63) is 95.7 Å². The molecule has 0 saturated carbocycles. The Balaban J connectivity index is 1.76. The average molecular weight is 411 g/mol. The lowest BCUT2D eigenvalue weighted by Crippen LogP contribution is -2.32. The van der Waals surface area contributed by atoms with Gasteiger partial charge in [0.1, 0.15) is 0 Å². The van der Waals surface area contributed by atoms with Crippen molar-refractivity contribution in [3.63, 3.8) is 0 Å². The van der Waals surface area contributed by atoms with Gasteiger partial charge in [0.15, 0.2) is 0 Å². The fraction of sp³-hybridized carbons (Fsp3) is 0.208. The van der Waals surface area contributed by atoms with Gasteiger partial charge in [0.25, 0.3) is 0 Å². The summed E-state index contributed by atoms with van der Waals surface area (Å²) in [5.41, 5.74) is 2.14. The number of hydrogen-bond donors (Lipinski definition) is 0. The quantitative estimate of drug-likeness (QED) is 0.599. The van der Waals surface area contributed by atoms with E-state index in [0.29, 0.717) is 5.56 Å². The van der Waals surface area contributed by atoms with Crippen molar-refractivity contribution < 1.29 is 22.7 Å². The third-order valence-electron chi connectivity index (χ3n) is 5.25. The molecule has 30 heavy (non-hydrogen) atoms. The molecule has 0 spiro atoms. The Labute approximate surface area is 172 Å². The first-order valence-corrected chi connectivity index (χ1v) is 9.68. The van der Waals surface area contributed by atoms with Gasteiger partial charge in [-0.1, -0.05) is 54.6 Å². The molecule has 6 heteroatoms. The lowest BCUT2D eigenvalue weighted by Gasteiger charge is -2.30. The first-order chi connectivity index (χ1) is 14.4. The summed E-state index contributed by atoms with van der Waals surface area (Å²) in [6.07, 6.45) is 1.47. The molecular formula is C24H20F3NO2. The molecular weight excluding hydrogens is 391 g/mol. The molecule has 0 saturated heterocycles. The van der Waals surface area contributed by atoms with Crippen molar-refractivity contribution in [2.75, 3.05) is 11.5 Å². The van der Waals surface area contributed by atoms with Crippen LogP contribution < -0.4 is 4.90 Å². The van der Waals surface area contributed by atoms with Gasteiger partial charge in [-0.15, -0.1) is 0 Å². The number of rotatable bonds is 4. The molecule has 0 radical (unpaired) electrons. The van der Waals surface area contributed by atoms with Gasteiger partial charge in [-0.25, -0.2) is 4.79 Å². The molecule has 2 aromatic carbocycles. The summed E-state index contributed by atoms with van der Waals surface area (Å²) in [5, 5.41) is 0. The highest BCUT2D eigenvalue weighted by Crippen LogP contribution is 2.44. The number of halogens is 3. The molecule has 0 amide bonds. The monoisotopic (exact) mass is 411 g/mol. The van der Waals surface area contributed by atoms with Crippen LogP contribution in [0.1, 0.15) is 22.8 Å². The molecule has 1 heterocycles. The number of carbonyl (C=O) groups excluding carboxylic acids is 1. The van der Waals surface area contributed by atoms with E-state index in [1.54, 1.807) is 31.2 Å². The molecule has 2 atom stereocenters. The van der Waals surface area contributed by atoms with Gasteiger partial charge in [-0.3, -0.25) is 0 Å². The number of nitrogens with zero attached hydrogens (tertiary/aromatic N) is 1. The summed E-state index contributed by atoms with van der Waals surface area (Å²) < 4.78 is 45.1. The third kappa shape index (κ3) is 3.77. The van der Waals surface area contributed by atoms with Gasteiger partial charge < -0.3 is 9.64 Å². The van der Waals surface area contributed by atoms with Crippen LogP contribution in [-0.2, 0) is 4.74 Å². The van der Waals surface area contributed by atoms with Gasteiger partial charge in [-0.2, -0.15) is 13.2 Å².